The summed E-state index contributed by atoms with van der Waals surface area (Å²) in [5.41, 5.74) is 1.18. The van der Waals surface area contributed by atoms with E-state index in [1.54, 1.807) is 0 Å². The van der Waals surface area contributed by atoms with E-state index in [1.807, 2.05) is 0 Å². The minimum absolute atomic E-state index is 0.666. The van der Waals surface area contributed by atoms with Crippen LogP contribution >= 0.6 is 0 Å². The van der Waals surface area contributed by atoms with E-state index in [9.17, 15) is 0 Å². The van der Waals surface area contributed by atoms with E-state index in [1.165, 1.54) is 37.8 Å². The third kappa shape index (κ3) is 3.84. The number of rotatable bonds is 6. The number of hydrogen-bond acceptors (Lipinski definition) is 2. The molecule has 3 nitrogen and oxygen atoms in total. The first-order valence-corrected chi connectivity index (χ1v) is 7.00. The van der Waals surface area contributed by atoms with Gasteiger partial charge in [-0.25, -0.2) is 0 Å². The molecule has 1 heterocycles. The Morgan fingerprint density at radius 3 is 2.88 bits per heavy atom. The van der Waals surface area contributed by atoms with E-state index in [4.69, 9.17) is 0 Å². The van der Waals surface area contributed by atoms with Gasteiger partial charge < -0.3 is 5.32 Å². The van der Waals surface area contributed by atoms with Crippen LogP contribution in [0, 0.1) is 5.92 Å². The molecule has 0 spiro atoms. The van der Waals surface area contributed by atoms with Crippen LogP contribution in [0.1, 0.15) is 57.7 Å². The highest BCUT2D eigenvalue weighted by molar-refractivity contribution is 4.99. The molecule has 1 aliphatic carbocycles. The number of nitrogens with one attached hydrogen (secondary N) is 1. The minimum atomic E-state index is 0.666. The normalized spacial score (nSPS) is 17.1. The summed E-state index contributed by atoms with van der Waals surface area (Å²) in [6.45, 7) is 6.52. The van der Waals surface area contributed by atoms with Gasteiger partial charge in [0.2, 0.25) is 0 Å². The molecule has 1 fully saturated rings. The van der Waals surface area contributed by atoms with Crippen molar-refractivity contribution in [1.82, 2.24) is 15.1 Å². The van der Waals surface area contributed by atoms with Gasteiger partial charge in [-0.05, 0) is 37.8 Å². The molecule has 0 bridgehead atoms. The second kappa shape index (κ2) is 6.20. The maximum atomic E-state index is 4.66. The van der Waals surface area contributed by atoms with Gasteiger partial charge in [0.1, 0.15) is 0 Å². The summed E-state index contributed by atoms with van der Waals surface area (Å²) in [6.07, 6.45) is 8.74. The average Bonchev–Trinajstić information content (AvgIpc) is 2.94. The highest BCUT2D eigenvalue weighted by Gasteiger charge is 2.17. The minimum Gasteiger partial charge on any atom is -0.311 e. The lowest BCUT2D eigenvalue weighted by Crippen LogP contribution is -2.17. The van der Waals surface area contributed by atoms with Crippen LogP contribution in [0.4, 0.5) is 0 Å². The Balaban J connectivity index is 1.74. The molecule has 0 saturated heterocycles. The number of nitrogens with zero attached hydrogens (tertiary/aromatic N) is 2. The number of hydrogen-bond donors (Lipinski definition) is 1. The molecule has 0 aliphatic heterocycles. The molecule has 96 valence electrons. The molecule has 2 rings (SSSR count). The van der Waals surface area contributed by atoms with Gasteiger partial charge in [0.25, 0.3) is 0 Å². The Kier molecular flexibility index (Phi) is 4.60. The zero-order valence-corrected chi connectivity index (χ0v) is 11.2. The summed E-state index contributed by atoms with van der Waals surface area (Å²) in [5, 5.41) is 8.12. The van der Waals surface area contributed by atoms with Gasteiger partial charge in [-0.3, -0.25) is 4.68 Å². The predicted octanol–water partition coefficient (Wildman–Crippen LogP) is 3.13. The SMILES string of the molecule is CC(C)CCNCc1ccn(C2CCCC2)n1. The third-order valence-electron chi connectivity index (χ3n) is 3.57. The van der Waals surface area contributed by atoms with Crippen molar-refractivity contribution < 1.29 is 0 Å². The van der Waals surface area contributed by atoms with Crippen LogP contribution < -0.4 is 5.32 Å². The topological polar surface area (TPSA) is 29.9 Å². The second-order valence-corrected chi connectivity index (χ2v) is 5.58. The van der Waals surface area contributed by atoms with Gasteiger partial charge in [0, 0.05) is 12.7 Å². The van der Waals surface area contributed by atoms with Crippen LogP contribution in [0.5, 0.6) is 0 Å². The van der Waals surface area contributed by atoms with E-state index in [-0.39, 0.29) is 0 Å². The van der Waals surface area contributed by atoms with E-state index >= 15 is 0 Å². The van der Waals surface area contributed by atoms with Crippen LogP contribution in [-0.4, -0.2) is 16.3 Å². The molecule has 1 saturated carbocycles. The van der Waals surface area contributed by atoms with Gasteiger partial charge in [-0.1, -0.05) is 26.7 Å². The van der Waals surface area contributed by atoms with Crippen LogP contribution in [0.2, 0.25) is 0 Å². The van der Waals surface area contributed by atoms with E-state index in [0.717, 1.165) is 19.0 Å². The molecule has 1 N–H and O–H groups in total. The molecule has 1 aromatic heterocycles. The van der Waals surface area contributed by atoms with Crippen LogP contribution in [0.25, 0.3) is 0 Å². The van der Waals surface area contributed by atoms with Gasteiger partial charge in [0.05, 0.1) is 11.7 Å². The first kappa shape index (κ1) is 12.6. The van der Waals surface area contributed by atoms with E-state index in [2.05, 4.69) is 41.2 Å². The maximum Gasteiger partial charge on any atom is 0.0762 e. The summed E-state index contributed by atoms with van der Waals surface area (Å²) in [4.78, 5) is 0. The summed E-state index contributed by atoms with van der Waals surface area (Å²) in [6, 6.07) is 2.82. The fourth-order valence-corrected chi connectivity index (χ4v) is 2.45. The highest BCUT2D eigenvalue weighted by atomic mass is 15.3. The molecule has 0 amide bonds. The molecule has 1 aromatic rings. The molecule has 0 aromatic carbocycles. The zero-order valence-electron chi connectivity index (χ0n) is 11.2. The number of aromatic nitrogens is 2. The first-order valence-electron chi connectivity index (χ1n) is 7.00. The Morgan fingerprint density at radius 1 is 1.41 bits per heavy atom. The first-order chi connectivity index (χ1) is 8.25. The van der Waals surface area contributed by atoms with Crippen molar-refractivity contribution in [2.45, 2.75) is 58.5 Å². The lowest BCUT2D eigenvalue weighted by atomic mass is 10.1. The summed E-state index contributed by atoms with van der Waals surface area (Å²) in [5.74, 6) is 0.776. The van der Waals surface area contributed by atoms with Crippen molar-refractivity contribution in [2.75, 3.05) is 6.54 Å². The second-order valence-electron chi connectivity index (χ2n) is 5.58. The zero-order chi connectivity index (χ0) is 12.1. The molecule has 0 radical (unpaired) electrons. The largest absolute Gasteiger partial charge is 0.311 e. The lowest BCUT2D eigenvalue weighted by Gasteiger charge is -2.09. The Morgan fingerprint density at radius 2 is 2.18 bits per heavy atom. The van der Waals surface area contributed by atoms with Crippen molar-refractivity contribution >= 4 is 0 Å². The molecule has 3 heteroatoms. The molecule has 17 heavy (non-hydrogen) atoms. The van der Waals surface area contributed by atoms with Crippen LogP contribution in [0.15, 0.2) is 12.3 Å². The summed E-state index contributed by atoms with van der Waals surface area (Å²) in [7, 11) is 0. The van der Waals surface area contributed by atoms with Crippen LogP contribution in [-0.2, 0) is 6.54 Å². The Bertz CT molecular complexity index is 324. The molecule has 0 atom stereocenters. The standard InChI is InChI=1S/C14H25N3/c1-12(2)7-9-15-11-13-8-10-17(16-13)14-5-3-4-6-14/h8,10,12,14-15H,3-7,9,11H2,1-2H3. The van der Waals surface area contributed by atoms with Gasteiger partial charge in [-0.2, -0.15) is 5.10 Å². The maximum absolute atomic E-state index is 4.66. The molecule has 0 unspecified atom stereocenters. The fraction of sp³-hybridized carbons (Fsp3) is 0.786. The highest BCUT2D eigenvalue weighted by Crippen LogP contribution is 2.28. The quantitative estimate of drug-likeness (QED) is 0.768. The molecule has 1 aliphatic rings. The Hall–Kier alpha value is -0.830. The van der Waals surface area contributed by atoms with Gasteiger partial charge >= 0.3 is 0 Å². The van der Waals surface area contributed by atoms with Crippen molar-refractivity contribution in [3.63, 3.8) is 0 Å². The van der Waals surface area contributed by atoms with Gasteiger partial charge in [-0.15, -0.1) is 0 Å². The van der Waals surface area contributed by atoms with E-state index in [0.29, 0.717) is 6.04 Å². The van der Waals surface area contributed by atoms with Gasteiger partial charge in [0.15, 0.2) is 0 Å². The van der Waals surface area contributed by atoms with E-state index < -0.39 is 0 Å². The fourth-order valence-electron chi connectivity index (χ4n) is 2.45. The lowest BCUT2D eigenvalue weighted by molar-refractivity contribution is 0.459. The molecular formula is C14H25N3. The Labute approximate surface area is 105 Å². The predicted molar refractivity (Wildman–Crippen MR) is 70.9 cm³/mol. The van der Waals surface area contributed by atoms with Crippen molar-refractivity contribution in [2.24, 2.45) is 5.92 Å². The van der Waals surface area contributed by atoms with Crippen LogP contribution in [0.3, 0.4) is 0 Å². The summed E-state index contributed by atoms with van der Waals surface area (Å²) >= 11 is 0. The molecular weight excluding hydrogens is 210 g/mol. The summed E-state index contributed by atoms with van der Waals surface area (Å²) < 4.78 is 2.17. The van der Waals surface area contributed by atoms with Crippen molar-refractivity contribution in [3.05, 3.63) is 18.0 Å². The third-order valence-corrected chi connectivity index (χ3v) is 3.57. The average molecular weight is 235 g/mol. The van der Waals surface area contributed by atoms with Crippen molar-refractivity contribution in [3.8, 4) is 0 Å². The smallest absolute Gasteiger partial charge is 0.0762 e. The van der Waals surface area contributed by atoms with Crippen molar-refractivity contribution in [1.29, 1.82) is 0 Å². The monoisotopic (exact) mass is 235 g/mol.